The lowest BCUT2D eigenvalue weighted by Gasteiger charge is -2.08. The van der Waals surface area contributed by atoms with E-state index in [9.17, 15) is 4.79 Å². The molecule has 5 nitrogen and oxygen atoms in total. The summed E-state index contributed by atoms with van der Waals surface area (Å²) in [6.07, 6.45) is 2.26. The third-order valence-corrected chi connectivity index (χ3v) is 3.46. The van der Waals surface area contributed by atoms with Gasteiger partial charge in [0.1, 0.15) is 6.33 Å². The minimum absolute atomic E-state index is 0.250. The Morgan fingerprint density at radius 3 is 2.91 bits per heavy atom. The minimum atomic E-state index is -0.250. The predicted octanol–water partition coefficient (Wildman–Crippen LogP) is 2.45. The van der Waals surface area contributed by atoms with E-state index in [2.05, 4.69) is 15.6 Å². The van der Waals surface area contributed by atoms with E-state index in [1.54, 1.807) is 13.4 Å². The van der Waals surface area contributed by atoms with Gasteiger partial charge in [0.05, 0.1) is 18.9 Å². The summed E-state index contributed by atoms with van der Waals surface area (Å²) in [7, 11) is 7.24. The number of benzene rings is 2. The average Bonchev–Trinajstić information content (AvgIpc) is 2.97. The van der Waals surface area contributed by atoms with Gasteiger partial charge in [0.25, 0.3) is 0 Å². The summed E-state index contributed by atoms with van der Waals surface area (Å²) in [6, 6.07) is 13.3. The fraction of sp³-hybridized carbons (Fsp3) is 0.125. The van der Waals surface area contributed by atoms with Gasteiger partial charge in [-0.3, -0.25) is 4.57 Å². The Hall–Kier alpha value is -2.76. The number of carbonyl (C=O) groups excluding carboxylic acids is 1. The number of nitrogens with zero attached hydrogens (tertiary/aromatic N) is 2. The number of imidazole rings is 1. The first-order valence-corrected chi connectivity index (χ1v) is 6.96. The SMILES string of the molecule is [B]Cc1ccc2c(c1)ncn2-c1cccc(NC(=O)NC)c1. The molecule has 6 heteroatoms. The zero-order valence-corrected chi connectivity index (χ0v) is 12.2. The number of fused-ring (bicyclic) bond motifs is 1. The minimum Gasteiger partial charge on any atom is -0.341 e. The van der Waals surface area contributed by atoms with Crippen molar-refractivity contribution in [2.75, 3.05) is 12.4 Å². The number of rotatable bonds is 3. The number of amides is 2. The Labute approximate surface area is 129 Å². The van der Waals surface area contributed by atoms with Crippen molar-refractivity contribution >= 4 is 30.6 Å². The smallest absolute Gasteiger partial charge is 0.318 e. The van der Waals surface area contributed by atoms with Gasteiger partial charge in [-0.05, 0) is 30.3 Å². The van der Waals surface area contributed by atoms with Gasteiger partial charge < -0.3 is 10.6 Å². The molecule has 0 bridgehead atoms. The molecule has 3 aromatic rings. The quantitative estimate of drug-likeness (QED) is 0.728. The van der Waals surface area contributed by atoms with Gasteiger partial charge >= 0.3 is 6.03 Å². The third kappa shape index (κ3) is 2.68. The van der Waals surface area contributed by atoms with Crippen LogP contribution < -0.4 is 10.6 Å². The molecule has 0 fully saturated rings. The molecule has 0 aliphatic carbocycles. The molecule has 0 saturated heterocycles. The molecule has 108 valence electrons. The number of urea groups is 1. The van der Waals surface area contributed by atoms with Gasteiger partial charge in [0, 0.05) is 18.4 Å². The molecule has 2 N–H and O–H groups in total. The molecule has 3 rings (SSSR count). The van der Waals surface area contributed by atoms with E-state index in [4.69, 9.17) is 7.85 Å². The molecule has 0 saturated carbocycles. The van der Waals surface area contributed by atoms with Crippen LogP contribution in [0.4, 0.5) is 10.5 Å². The van der Waals surface area contributed by atoms with Crippen molar-refractivity contribution in [1.29, 1.82) is 0 Å². The van der Waals surface area contributed by atoms with Crippen LogP contribution >= 0.6 is 0 Å². The van der Waals surface area contributed by atoms with Crippen LogP contribution in [0.25, 0.3) is 16.7 Å². The van der Waals surface area contributed by atoms with Gasteiger partial charge in [0.2, 0.25) is 0 Å². The monoisotopic (exact) mass is 290 g/mol. The summed E-state index contributed by atoms with van der Waals surface area (Å²) in [6.45, 7) is 0. The second-order valence-electron chi connectivity index (χ2n) is 4.90. The van der Waals surface area contributed by atoms with Crippen molar-refractivity contribution in [3.05, 3.63) is 54.4 Å². The van der Waals surface area contributed by atoms with Gasteiger partial charge in [-0.15, -0.1) is 0 Å². The summed E-state index contributed by atoms with van der Waals surface area (Å²) in [5.74, 6) is 0. The fourth-order valence-corrected chi connectivity index (χ4v) is 2.32. The highest BCUT2D eigenvalue weighted by molar-refractivity contribution is 6.08. The van der Waals surface area contributed by atoms with E-state index in [1.165, 1.54) is 0 Å². The summed E-state index contributed by atoms with van der Waals surface area (Å²) in [5.41, 5.74) is 4.59. The lowest BCUT2D eigenvalue weighted by Crippen LogP contribution is -2.24. The average molecular weight is 290 g/mol. The third-order valence-electron chi connectivity index (χ3n) is 3.46. The Kier molecular flexibility index (Phi) is 3.83. The fourth-order valence-electron chi connectivity index (χ4n) is 2.32. The van der Waals surface area contributed by atoms with Gasteiger partial charge in [-0.25, -0.2) is 9.78 Å². The topological polar surface area (TPSA) is 59.0 Å². The van der Waals surface area contributed by atoms with Crippen LogP contribution in [0.1, 0.15) is 5.56 Å². The van der Waals surface area contributed by atoms with Crippen molar-refractivity contribution in [2.45, 2.75) is 6.32 Å². The van der Waals surface area contributed by atoms with Crippen molar-refractivity contribution in [2.24, 2.45) is 0 Å². The summed E-state index contributed by atoms with van der Waals surface area (Å²) >= 11 is 0. The molecule has 1 heterocycles. The number of anilines is 1. The van der Waals surface area contributed by atoms with Crippen LogP contribution in [0.3, 0.4) is 0 Å². The first kappa shape index (κ1) is 14.2. The van der Waals surface area contributed by atoms with Crippen molar-refractivity contribution in [1.82, 2.24) is 14.9 Å². The van der Waals surface area contributed by atoms with Gasteiger partial charge in [0.15, 0.2) is 0 Å². The number of hydrogen-bond acceptors (Lipinski definition) is 2. The Balaban J connectivity index is 2.00. The van der Waals surface area contributed by atoms with Crippen molar-refractivity contribution in [3.63, 3.8) is 0 Å². The summed E-state index contributed by atoms with van der Waals surface area (Å²) in [5, 5.41) is 5.29. The highest BCUT2D eigenvalue weighted by Crippen LogP contribution is 2.21. The van der Waals surface area contributed by atoms with E-state index < -0.39 is 0 Å². The van der Waals surface area contributed by atoms with E-state index >= 15 is 0 Å². The number of carbonyl (C=O) groups is 1. The molecule has 2 amide bonds. The predicted molar refractivity (Wildman–Crippen MR) is 88.6 cm³/mol. The molecule has 22 heavy (non-hydrogen) atoms. The molecule has 1 aromatic heterocycles. The maximum atomic E-state index is 11.4. The van der Waals surface area contributed by atoms with E-state index in [1.807, 2.05) is 47.0 Å². The highest BCUT2D eigenvalue weighted by Gasteiger charge is 2.06. The molecule has 0 spiro atoms. The van der Waals surface area contributed by atoms with Crippen LogP contribution in [-0.4, -0.2) is 30.5 Å². The zero-order valence-electron chi connectivity index (χ0n) is 12.2. The van der Waals surface area contributed by atoms with Crippen LogP contribution in [0.5, 0.6) is 0 Å². The first-order chi connectivity index (χ1) is 10.7. The Morgan fingerprint density at radius 1 is 1.27 bits per heavy atom. The summed E-state index contributed by atoms with van der Waals surface area (Å²) in [4.78, 5) is 15.8. The van der Waals surface area contributed by atoms with Crippen LogP contribution in [-0.2, 0) is 6.32 Å². The number of hydrogen-bond donors (Lipinski definition) is 2. The standard InChI is InChI=1S/C16H15BN4O/c1-18-16(22)20-12-3-2-4-13(8-12)21-10-19-14-7-11(9-17)5-6-15(14)21/h2-8,10H,9H2,1H3,(H2,18,20,22). The summed E-state index contributed by atoms with van der Waals surface area (Å²) < 4.78 is 1.98. The Morgan fingerprint density at radius 2 is 2.14 bits per heavy atom. The molecule has 0 atom stereocenters. The van der Waals surface area contributed by atoms with E-state index in [-0.39, 0.29) is 6.03 Å². The molecule has 0 unspecified atom stereocenters. The molecule has 0 aliphatic heterocycles. The molecular weight excluding hydrogens is 275 g/mol. The van der Waals surface area contributed by atoms with E-state index in [0.29, 0.717) is 6.32 Å². The van der Waals surface area contributed by atoms with Crippen LogP contribution in [0, 0.1) is 0 Å². The lowest BCUT2D eigenvalue weighted by atomic mass is 9.97. The molecule has 2 aromatic carbocycles. The molecular formula is C16H15BN4O. The largest absolute Gasteiger partial charge is 0.341 e. The van der Waals surface area contributed by atoms with Crippen LogP contribution in [0.15, 0.2) is 48.8 Å². The molecule has 2 radical (unpaired) electrons. The number of nitrogens with one attached hydrogen (secondary N) is 2. The van der Waals surface area contributed by atoms with Crippen molar-refractivity contribution in [3.8, 4) is 5.69 Å². The number of aromatic nitrogens is 2. The maximum Gasteiger partial charge on any atom is 0.318 e. The normalized spacial score (nSPS) is 10.6. The first-order valence-electron chi connectivity index (χ1n) is 6.96. The zero-order chi connectivity index (χ0) is 15.5. The lowest BCUT2D eigenvalue weighted by molar-refractivity contribution is 0.254. The maximum absolute atomic E-state index is 11.4. The van der Waals surface area contributed by atoms with Gasteiger partial charge in [-0.1, -0.05) is 24.0 Å². The van der Waals surface area contributed by atoms with Crippen molar-refractivity contribution < 1.29 is 4.79 Å². The van der Waals surface area contributed by atoms with E-state index in [0.717, 1.165) is 28.0 Å². The second kappa shape index (κ2) is 5.93. The Bertz CT molecular complexity index is 828. The van der Waals surface area contributed by atoms with Crippen LogP contribution in [0.2, 0.25) is 0 Å². The second-order valence-corrected chi connectivity index (χ2v) is 4.90. The van der Waals surface area contributed by atoms with Gasteiger partial charge in [-0.2, -0.15) is 0 Å². The highest BCUT2D eigenvalue weighted by atomic mass is 16.2. The molecule has 0 aliphatic rings.